The van der Waals surface area contributed by atoms with Crippen LogP contribution in [0.4, 0.5) is 0 Å². The quantitative estimate of drug-likeness (QED) is 0.865. The average molecular weight is 305 g/mol. The smallest absolute Gasteiger partial charge is 0.257 e. The summed E-state index contributed by atoms with van der Waals surface area (Å²) < 4.78 is 21.6. The number of benzene rings is 1. The van der Waals surface area contributed by atoms with E-state index in [1.807, 2.05) is 24.3 Å². The van der Waals surface area contributed by atoms with Crippen LogP contribution in [-0.4, -0.2) is 36.9 Å². The Morgan fingerprint density at radius 3 is 3.14 bits per heavy atom. The van der Waals surface area contributed by atoms with Crippen molar-refractivity contribution in [1.29, 1.82) is 0 Å². The van der Waals surface area contributed by atoms with E-state index in [4.69, 9.17) is 18.7 Å². The maximum atomic E-state index is 5.61. The fraction of sp³-hybridized carbons (Fsp3) is 0.467. The van der Waals surface area contributed by atoms with Gasteiger partial charge >= 0.3 is 0 Å². The Kier molecular flexibility index (Phi) is 4.99. The molecule has 0 saturated carbocycles. The minimum atomic E-state index is -0.173. The first-order chi connectivity index (χ1) is 10.8. The van der Waals surface area contributed by atoms with Gasteiger partial charge in [-0.25, -0.2) is 0 Å². The van der Waals surface area contributed by atoms with Gasteiger partial charge in [-0.2, -0.15) is 4.98 Å². The summed E-state index contributed by atoms with van der Waals surface area (Å²) in [7, 11) is 1.64. The molecule has 0 spiro atoms. The van der Waals surface area contributed by atoms with E-state index < -0.39 is 0 Å². The van der Waals surface area contributed by atoms with E-state index in [0.29, 0.717) is 38.1 Å². The first-order valence-electron chi connectivity index (χ1n) is 7.20. The topological polar surface area (TPSA) is 78.6 Å². The van der Waals surface area contributed by atoms with Gasteiger partial charge in [0.25, 0.3) is 5.89 Å². The van der Waals surface area contributed by atoms with Crippen molar-refractivity contribution in [1.82, 2.24) is 15.5 Å². The van der Waals surface area contributed by atoms with Crippen LogP contribution in [0.25, 0.3) is 0 Å². The Morgan fingerprint density at radius 1 is 1.36 bits per heavy atom. The molecule has 2 aromatic rings. The van der Waals surface area contributed by atoms with E-state index in [-0.39, 0.29) is 6.10 Å². The van der Waals surface area contributed by atoms with Gasteiger partial charge in [-0.1, -0.05) is 17.3 Å². The van der Waals surface area contributed by atoms with Crippen molar-refractivity contribution >= 4 is 0 Å². The molecule has 0 aliphatic carbocycles. The summed E-state index contributed by atoms with van der Waals surface area (Å²) in [6, 6.07) is 7.74. The number of hydrogen-bond donors (Lipinski definition) is 1. The molecule has 1 aliphatic rings. The second-order valence-corrected chi connectivity index (χ2v) is 4.96. The van der Waals surface area contributed by atoms with Crippen LogP contribution in [0.15, 0.2) is 28.8 Å². The van der Waals surface area contributed by atoms with Crippen LogP contribution in [0.5, 0.6) is 5.75 Å². The summed E-state index contributed by atoms with van der Waals surface area (Å²) in [5.41, 5.74) is 1.03. The zero-order valence-corrected chi connectivity index (χ0v) is 12.4. The molecule has 1 atom stereocenters. The molecule has 1 saturated heterocycles. The summed E-state index contributed by atoms with van der Waals surface area (Å²) in [4.78, 5) is 4.31. The molecule has 1 aromatic heterocycles. The minimum absolute atomic E-state index is 0.173. The zero-order valence-electron chi connectivity index (χ0n) is 12.4. The lowest BCUT2D eigenvalue weighted by Gasteiger charge is -2.19. The van der Waals surface area contributed by atoms with Crippen LogP contribution in [0.3, 0.4) is 0 Å². The van der Waals surface area contributed by atoms with Gasteiger partial charge in [0, 0.05) is 13.1 Å². The predicted octanol–water partition coefficient (Wildman–Crippen LogP) is 1.46. The third-order valence-electron chi connectivity index (χ3n) is 3.32. The van der Waals surface area contributed by atoms with Crippen molar-refractivity contribution in [3.63, 3.8) is 0 Å². The van der Waals surface area contributed by atoms with Gasteiger partial charge in [0.15, 0.2) is 5.82 Å². The number of nitrogens with one attached hydrogen (secondary N) is 1. The molecule has 118 valence electrons. The van der Waals surface area contributed by atoms with Crippen LogP contribution in [0.2, 0.25) is 0 Å². The second kappa shape index (κ2) is 7.35. The Hall–Kier alpha value is -1.96. The van der Waals surface area contributed by atoms with E-state index in [2.05, 4.69) is 15.5 Å². The van der Waals surface area contributed by atoms with Crippen molar-refractivity contribution in [2.45, 2.75) is 19.3 Å². The maximum absolute atomic E-state index is 5.61. The Morgan fingerprint density at radius 2 is 2.32 bits per heavy atom. The first kappa shape index (κ1) is 15.0. The van der Waals surface area contributed by atoms with E-state index in [0.717, 1.165) is 17.9 Å². The number of ether oxygens (including phenoxy) is 3. The van der Waals surface area contributed by atoms with Gasteiger partial charge in [0.1, 0.15) is 18.5 Å². The highest BCUT2D eigenvalue weighted by Gasteiger charge is 2.22. The lowest BCUT2D eigenvalue weighted by Crippen LogP contribution is -2.33. The summed E-state index contributed by atoms with van der Waals surface area (Å²) in [5, 5.41) is 7.13. The SMILES string of the molecule is COc1cccc(COCc2noc([C@@H]3CNCCO3)n2)c1. The van der Waals surface area contributed by atoms with Crippen molar-refractivity contribution in [2.24, 2.45) is 0 Å². The predicted molar refractivity (Wildman–Crippen MR) is 77.3 cm³/mol. The third kappa shape index (κ3) is 3.82. The largest absolute Gasteiger partial charge is 0.497 e. The normalized spacial score (nSPS) is 18.3. The minimum Gasteiger partial charge on any atom is -0.497 e. The molecule has 7 nitrogen and oxygen atoms in total. The van der Waals surface area contributed by atoms with Crippen LogP contribution in [0.1, 0.15) is 23.4 Å². The van der Waals surface area contributed by atoms with Gasteiger partial charge in [-0.05, 0) is 17.7 Å². The van der Waals surface area contributed by atoms with Crippen LogP contribution < -0.4 is 10.1 Å². The van der Waals surface area contributed by atoms with E-state index in [9.17, 15) is 0 Å². The molecule has 1 fully saturated rings. The van der Waals surface area contributed by atoms with Crippen LogP contribution >= 0.6 is 0 Å². The number of nitrogens with zero attached hydrogens (tertiary/aromatic N) is 2. The highest BCUT2D eigenvalue weighted by molar-refractivity contribution is 5.27. The molecule has 0 bridgehead atoms. The molecule has 0 unspecified atom stereocenters. The highest BCUT2D eigenvalue weighted by Crippen LogP contribution is 2.17. The van der Waals surface area contributed by atoms with Crippen LogP contribution in [0, 0.1) is 0 Å². The molecule has 0 radical (unpaired) electrons. The maximum Gasteiger partial charge on any atom is 0.257 e. The lowest BCUT2D eigenvalue weighted by atomic mass is 10.2. The summed E-state index contributed by atoms with van der Waals surface area (Å²) in [6.07, 6.45) is -0.173. The molecule has 7 heteroatoms. The Balaban J connectivity index is 1.50. The zero-order chi connectivity index (χ0) is 15.2. The van der Waals surface area contributed by atoms with Gasteiger partial charge in [-0.3, -0.25) is 0 Å². The number of hydrogen-bond acceptors (Lipinski definition) is 7. The molecular formula is C15H19N3O4. The molecule has 1 aromatic carbocycles. The average Bonchev–Trinajstić information content (AvgIpc) is 3.05. The molecule has 22 heavy (non-hydrogen) atoms. The summed E-state index contributed by atoms with van der Waals surface area (Å²) >= 11 is 0. The van der Waals surface area contributed by atoms with E-state index in [1.54, 1.807) is 7.11 Å². The monoisotopic (exact) mass is 305 g/mol. The number of aromatic nitrogens is 2. The third-order valence-corrected chi connectivity index (χ3v) is 3.32. The number of methoxy groups -OCH3 is 1. The molecular weight excluding hydrogens is 286 g/mol. The fourth-order valence-corrected chi connectivity index (χ4v) is 2.20. The number of rotatable bonds is 6. The highest BCUT2D eigenvalue weighted by atomic mass is 16.5. The molecule has 1 N–H and O–H groups in total. The summed E-state index contributed by atoms with van der Waals surface area (Å²) in [6.45, 7) is 2.94. The summed E-state index contributed by atoms with van der Waals surface area (Å²) in [5.74, 6) is 1.82. The standard InChI is InChI=1S/C15H19N3O4/c1-19-12-4-2-3-11(7-12)9-20-10-14-17-15(22-18-14)13-8-16-5-6-21-13/h2-4,7,13,16H,5-6,8-10H2,1H3/t13-/m0/s1. The Labute approximate surface area is 128 Å². The lowest BCUT2D eigenvalue weighted by molar-refractivity contribution is 0.00755. The van der Waals surface area contributed by atoms with Crippen molar-refractivity contribution in [3.8, 4) is 5.75 Å². The van der Waals surface area contributed by atoms with Crippen molar-refractivity contribution in [2.75, 3.05) is 26.8 Å². The first-order valence-corrected chi connectivity index (χ1v) is 7.20. The Bertz CT molecular complexity index is 596. The van der Waals surface area contributed by atoms with Gasteiger partial charge in [-0.15, -0.1) is 0 Å². The van der Waals surface area contributed by atoms with Gasteiger partial charge < -0.3 is 24.1 Å². The van der Waals surface area contributed by atoms with Crippen LogP contribution in [-0.2, 0) is 22.7 Å². The van der Waals surface area contributed by atoms with E-state index >= 15 is 0 Å². The molecule has 3 rings (SSSR count). The molecule has 1 aliphatic heterocycles. The van der Waals surface area contributed by atoms with Gasteiger partial charge in [0.2, 0.25) is 0 Å². The van der Waals surface area contributed by atoms with Gasteiger partial charge in [0.05, 0.1) is 20.3 Å². The molecule has 0 amide bonds. The fourth-order valence-electron chi connectivity index (χ4n) is 2.20. The number of morpholine rings is 1. The van der Waals surface area contributed by atoms with E-state index in [1.165, 1.54) is 0 Å². The van der Waals surface area contributed by atoms with Crippen molar-refractivity contribution < 1.29 is 18.7 Å². The second-order valence-electron chi connectivity index (χ2n) is 4.96. The molecule has 2 heterocycles. The van der Waals surface area contributed by atoms with Crippen molar-refractivity contribution in [3.05, 3.63) is 41.5 Å².